The van der Waals surface area contributed by atoms with Gasteiger partial charge in [0.1, 0.15) is 0 Å². The first-order chi connectivity index (χ1) is 9.39. The molecular weight excluding hydrogens is 260 g/mol. The minimum Gasteiger partial charge on any atom is -0.481 e. The second-order valence-corrected chi connectivity index (χ2v) is 5.63. The van der Waals surface area contributed by atoms with E-state index in [1.54, 1.807) is 11.8 Å². The lowest BCUT2D eigenvalue weighted by Gasteiger charge is -2.20. The SMILES string of the molecule is CCCNC(=O)CCCC(=O)N1CCC(C)(C(=O)O)C1. The van der Waals surface area contributed by atoms with Gasteiger partial charge < -0.3 is 15.3 Å². The van der Waals surface area contributed by atoms with Crippen LogP contribution < -0.4 is 5.32 Å². The summed E-state index contributed by atoms with van der Waals surface area (Å²) >= 11 is 0. The van der Waals surface area contributed by atoms with Crippen LogP contribution in [0.15, 0.2) is 0 Å². The number of carboxylic acid groups (broad SMARTS) is 1. The first kappa shape index (κ1) is 16.5. The summed E-state index contributed by atoms with van der Waals surface area (Å²) in [7, 11) is 0. The summed E-state index contributed by atoms with van der Waals surface area (Å²) < 4.78 is 0. The summed E-state index contributed by atoms with van der Waals surface area (Å²) in [5.74, 6) is -0.943. The number of rotatable bonds is 7. The van der Waals surface area contributed by atoms with Gasteiger partial charge in [-0.05, 0) is 26.2 Å². The highest BCUT2D eigenvalue weighted by molar-refractivity contribution is 5.81. The van der Waals surface area contributed by atoms with E-state index in [4.69, 9.17) is 5.11 Å². The molecule has 0 spiro atoms. The molecule has 0 bridgehead atoms. The van der Waals surface area contributed by atoms with Crippen LogP contribution in [0.1, 0.15) is 46.0 Å². The third-order valence-corrected chi connectivity index (χ3v) is 3.71. The van der Waals surface area contributed by atoms with Gasteiger partial charge in [-0.25, -0.2) is 0 Å². The lowest BCUT2D eigenvalue weighted by Crippen LogP contribution is -2.34. The minimum atomic E-state index is -0.855. The van der Waals surface area contributed by atoms with Crippen molar-refractivity contribution in [3.8, 4) is 0 Å². The summed E-state index contributed by atoms with van der Waals surface area (Å²) in [5, 5.41) is 11.9. The number of aliphatic carboxylic acids is 1. The van der Waals surface area contributed by atoms with Gasteiger partial charge in [0.15, 0.2) is 0 Å². The molecule has 114 valence electrons. The van der Waals surface area contributed by atoms with Gasteiger partial charge in [-0.3, -0.25) is 14.4 Å². The van der Waals surface area contributed by atoms with Crippen molar-refractivity contribution in [1.82, 2.24) is 10.2 Å². The Morgan fingerprint density at radius 1 is 1.30 bits per heavy atom. The number of carbonyl (C=O) groups is 3. The summed E-state index contributed by atoms with van der Waals surface area (Å²) in [4.78, 5) is 36.0. The third-order valence-electron chi connectivity index (χ3n) is 3.71. The first-order valence-electron chi connectivity index (χ1n) is 7.17. The number of hydrogen-bond acceptors (Lipinski definition) is 3. The number of carbonyl (C=O) groups excluding carboxylic acids is 2. The molecule has 0 radical (unpaired) electrons. The smallest absolute Gasteiger partial charge is 0.311 e. The molecule has 0 aromatic heterocycles. The summed E-state index contributed by atoms with van der Waals surface area (Å²) in [6, 6.07) is 0. The van der Waals surface area contributed by atoms with Crippen LogP contribution in [0.5, 0.6) is 0 Å². The maximum Gasteiger partial charge on any atom is 0.311 e. The zero-order valence-corrected chi connectivity index (χ0v) is 12.3. The monoisotopic (exact) mass is 284 g/mol. The van der Waals surface area contributed by atoms with Crippen LogP contribution >= 0.6 is 0 Å². The Kier molecular flexibility index (Phi) is 5.98. The van der Waals surface area contributed by atoms with E-state index in [2.05, 4.69) is 5.32 Å². The molecule has 1 fully saturated rings. The van der Waals surface area contributed by atoms with Gasteiger partial charge in [-0.1, -0.05) is 6.92 Å². The normalized spacial score (nSPS) is 21.8. The van der Waals surface area contributed by atoms with Crippen LogP contribution in [0.25, 0.3) is 0 Å². The van der Waals surface area contributed by atoms with Crippen LogP contribution in [0.2, 0.25) is 0 Å². The fourth-order valence-electron chi connectivity index (χ4n) is 2.26. The fraction of sp³-hybridized carbons (Fsp3) is 0.786. The van der Waals surface area contributed by atoms with Crippen molar-refractivity contribution in [3.05, 3.63) is 0 Å². The van der Waals surface area contributed by atoms with E-state index in [1.807, 2.05) is 6.92 Å². The summed E-state index contributed by atoms with van der Waals surface area (Å²) in [5.41, 5.74) is -0.825. The van der Waals surface area contributed by atoms with Crippen LogP contribution in [0, 0.1) is 5.41 Å². The van der Waals surface area contributed by atoms with Crippen molar-refractivity contribution < 1.29 is 19.5 Å². The van der Waals surface area contributed by atoms with E-state index in [0.29, 0.717) is 38.8 Å². The Morgan fingerprint density at radius 3 is 2.55 bits per heavy atom. The largest absolute Gasteiger partial charge is 0.481 e. The number of hydrogen-bond donors (Lipinski definition) is 2. The van der Waals surface area contributed by atoms with E-state index in [0.717, 1.165) is 6.42 Å². The number of nitrogens with zero attached hydrogens (tertiary/aromatic N) is 1. The minimum absolute atomic E-state index is 0.0311. The van der Waals surface area contributed by atoms with Gasteiger partial charge in [0.25, 0.3) is 0 Å². The molecule has 20 heavy (non-hydrogen) atoms. The Morgan fingerprint density at radius 2 is 2.00 bits per heavy atom. The molecule has 1 heterocycles. The number of carboxylic acids is 1. The maximum absolute atomic E-state index is 12.0. The predicted molar refractivity (Wildman–Crippen MR) is 74.1 cm³/mol. The standard InChI is InChI=1S/C14H24N2O4/c1-3-8-15-11(17)5-4-6-12(18)16-9-7-14(2,10-16)13(19)20/h3-10H2,1-2H3,(H,15,17)(H,19,20). The van der Waals surface area contributed by atoms with Crippen molar-refractivity contribution in [2.45, 2.75) is 46.0 Å². The molecule has 2 N–H and O–H groups in total. The molecule has 1 saturated heterocycles. The predicted octanol–water partition coefficient (Wildman–Crippen LogP) is 1.01. The quantitative estimate of drug-likeness (QED) is 0.730. The number of likely N-dealkylation sites (tertiary alicyclic amines) is 1. The van der Waals surface area contributed by atoms with Crippen molar-refractivity contribution >= 4 is 17.8 Å². The third kappa shape index (κ3) is 4.51. The maximum atomic E-state index is 12.0. The van der Waals surface area contributed by atoms with E-state index < -0.39 is 11.4 Å². The van der Waals surface area contributed by atoms with Crippen molar-refractivity contribution in [3.63, 3.8) is 0 Å². The first-order valence-corrected chi connectivity index (χ1v) is 7.17. The summed E-state index contributed by atoms with van der Waals surface area (Å²) in [6.45, 7) is 5.07. The number of nitrogens with one attached hydrogen (secondary N) is 1. The molecule has 2 amide bonds. The van der Waals surface area contributed by atoms with Crippen LogP contribution in [-0.4, -0.2) is 47.4 Å². The second kappa shape index (κ2) is 7.26. The molecule has 0 saturated carbocycles. The molecule has 1 rings (SSSR count). The van der Waals surface area contributed by atoms with E-state index >= 15 is 0 Å². The van der Waals surface area contributed by atoms with E-state index in [9.17, 15) is 14.4 Å². The highest BCUT2D eigenvalue weighted by Crippen LogP contribution is 2.30. The molecule has 1 unspecified atom stereocenters. The lowest BCUT2D eigenvalue weighted by molar-refractivity contribution is -0.147. The Hall–Kier alpha value is -1.59. The molecule has 1 atom stereocenters. The van der Waals surface area contributed by atoms with Crippen molar-refractivity contribution in [2.75, 3.05) is 19.6 Å². The van der Waals surface area contributed by atoms with E-state index in [1.165, 1.54) is 0 Å². The second-order valence-electron chi connectivity index (χ2n) is 5.63. The van der Waals surface area contributed by atoms with Crippen molar-refractivity contribution in [2.24, 2.45) is 5.41 Å². The average molecular weight is 284 g/mol. The number of amides is 2. The Labute approximate surface area is 119 Å². The molecule has 0 aromatic rings. The molecule has 6 nitrogen and oxygen atoms in total. The van der Waals surface area contributed by atoms with Gasteiger partial charge in [0, 0.05) is 32.5 Å². The van der Waals surface area contributed by atoms with Crippen LogP contribution in [-0.2, 0) is 14.4 Å². The lowest BCUT2D eigenvalue weighted by atomic mass is 9.90. The molecule has 0 aliphatic carbocycles. The van der Waals surface area contributed by atoms with E-state index in [-0.39, 0.29) is 18.4 Å². The summed E-state index contributed by atoms with van der Waals surface area (Å²) in [6.07, 6.45) is 2.54. The Balaban J connectivity index is 2.28. The fourth-order valence-corrected chi connectivity index (χ4v) is 2.26. The zero-order valence-electron chi connectivity index (χ0n) is 12.3. The van der Waals surface area contributed by atoms with Gasteiger partial charge in [0.2, 0.25) is 11.8 Å². The zero-order chi connectivity index (χ0) is 15.2. The van der Waals surface area contributed by atoms with Crippen LogP contribution in [0.3, 0.4) is 0 Å². The molecular formula is C14H24N2O4. The molecule has 1 aliphatic heterocycles. The average Bonchev–Trinajstić information content (AvgIpc) is 2.80. The highest BCUT2D eigenvalue weighted by Gasteiger charge is 2.41. The molecule has 0 aromatic carbocycles. The molecule has 1 aliphatic rings. The van der Waals surface area contributed by atoms with Gasteiger partial charge >= 0.3 is 5.97 Å². The van der Waals surface area contributed by atoms with Crippen molar-refractivity contribution in [1.29, 1.82) is 0 Å². The molecule has 6 heteroatoms. The van der Waals surface area contributed by atoms with Gasteiger partial charge in [-0.15, -0.1) is 0 Å². The van der Waals surface area contributed by atoms with Crippen LogP contribution in [0.4, 0.5) is 0 Å². The topological polar surface area (TPSA) is 86.7 Å². The highest BCUT2D eigenvalue weighted by atomic mass is 16.4. The van der Waals surface area contributed by atoms with Gasteiger partial charge in [-0.2, -0.15) is 0 Å². The van der Waals surface area contributed by atoms with Gasteiger partial charge in [0.05, 0.1) is 5.41 Å². The Bertz CT molecular complexity index is 383.